The lowest BCUT2D eigenvalue weighted by Crippen LogP contribution is -2.03. The highest BCUT2D eigenvalue weighted by Crippen LogP contribution is 2.26. The van der Waals surface area contributed by atoms with Gasteiger partial charge in [0.2, 0.25) is 0 Å². The van der Waals surface area contributed by atoms with E-state index >= 15 is 0 Å². The van der Waals surface area contributed by atoms with Crippen molar-refractivity contribution >= 4 is 34.2 Å². The number of fused-ring (bicyclic) bond motifs is 3. The van der Waals surface area contributed by atoms with E-state index in [0.29, 0.717) is 12.6 Å². The van der Waals surface area contributed by atoms with Gasteiger partial charge in [0, 0.05) is 17.5 Å². The van der Waals surface area contributed by atoms with Crippen molar-refractivity contribution in [2.45, 2.75) is 33.2 Å². The number of anilines is 1. The van der Waals surface area contributed by atoms with Gasteiger partial charge in [0.05, 0.1) is 18.3 Å². The summed E-state index contributed by atoms with van der Waals surface area (Å²) in [6.45, 7) is 5.73. The molecular formula is C22H24N6O. The highest BCUT2D eigenvalue weighted by molar-refractivity contribution is 6.04. The van der Waals surface area contributed by atoms with Crippen molar-refractivity contribution in [1.82, 2.24) is 19.7 Å². The summed E-state index contributed by atoms with van der Waals surface area (Å²) in [6.07, 6.45) is 3.83. The molecule has 0 unspecified atom stereocenters. The van der Waals surface area contributed by atoms with Gasteiger partial charge in [-0.05, 0) is 31.5 Å². The first-order valence-corrected chi connectivity index (χ1v) is 9.94. The molecule has 0 aliphatic heterocycles. The molecule has 148 valence electrons. The second kappa shape index (κ2) is 8.68. The van der Waals surface area contributed by atoms with E-state index in [2.05, 4.69) is 50.2 Å². The van der Waals surface area contributed by atoms with Gasteiger partial charge in [-0.3, -0.25) is 0 Å². The Morgan fingerprint density at radius 3 is 2.76 bits per heavy atom. The molecule has 29 heavy (non-hydrogen) atoms. The third-order valence-electron chi connectivity index (χ3n) is 4.73. The number of hydrogen-bond donors (Lipinski definition) is 1. The van der Waals surface area contributed by atoms with Crippen molar-refractivity contribution in [2.75, 3.05) is 12.0 Å². The van der Waals surface area contributed by atoms with E-state index in [9.17, 15) is 0 Å². The van der Waals surface area contributed by atoms with Crippen LogP contribution in [0.25, 0.3) is 22.1 Å². The predicted molar refractivity (Wildman–Crippen MR) is 117 cm³/mol. The van der Waals surface area contributed by atoms with Crippen LogP contribution in [0.1, 0.15) is 32.3 Å². The number of nitrogens with one attached hydrogen (secondary N) is 1. The molecule has 0 aliphatic rings. The third-order valence-corrected chi connectivity index (χ3v) is 4.73. The van der Waals surface area contributed by atoms with Gasteiger partial charge in [-0.15, -0.1) is 10.2 Å². The van der Waals surface area contributed by atoms with E-state index in [1.165, 1.54) is 0 Å². The minimum Gasteiger partial charge on any atom is -0.493 e. The Morgan fingerprint density at radius 2 is 1.90 bits per heavy atom. The minimum absolute atomic E-state index is 0.357. The lowest BCUT2D eigenvalue weighted by molar-refractivity contribution is 0.309. The Labute approximate surface area is 169 Å². The molecule has 7 heteroatoms. The van der Waals surface area contributed by atoms with Gasteiger partial charge in [-0.1, -0.05) is 43.7 Å². The zero-order chi connectivity index (χ0) is 20.1. The topological polar surface area (TPSA) is 77.2 Å². The van der Waals surface area contributed by atoms with Gasteiger partial charge in [0.25, 0.3) is 5.95 Å². The van der Waals surface area contributed by atoms with Crippen LogP contribution in [-0.2, 0) is 6.54 Å². The van der Waals surface area contributed by atoms with Gasteiger partial charge in [0.15, 0.2) is 5.65 Å². The fourth-order valence-corrected chi connectivity index (χ4v) is 3.28. The van der Waals surface area contributed by atoms with E-state index in [1.54, 1.807) is 6.21 Å². The number of para-hydroxylation sites is 2. The smallest absolute Gasteiger partial charge is 0.265 e. The second-order valence-corrected chi connectivity index (χ2v) is 6.68. The van der Waals surface area contributed by atoms with Crippen LogP contribution in [0.3, 0.4) is 0 Å². The average Bonchev–Trinajstić information content (AvgIpc) is 3.08. The minimum atomic E-state index is 0.357. The van der Waals surface area contributed by atoms with Crippen LogP contribution in [0.2, 0.25) is 0 Å². The molecule has 0 saturated carbocycles. The number of benzene rings is 2. The summed E-state index contributed by atoms with van der Waals surface area (Å²) in [5.41, 5.74) is 6.48. The number of unbranched alkanes of at least 4 members (excludes halogenated alkanes) is 1. The van der Waals surface area contributed by atoms with Crippen LogP contribution >= 0.6 is 0 Å². The normalized spacial score (nSPS) is 11.5. The molecule has 2 heterocycles. The van der Waals surface area contributed by atoms with Crippen molar-refractivity contribution < 1.29 is 4.74 Å². The van der Waals surface area contributed by atoms with Gasteiger partial charge in [-0.2, -0.15) is 10.1 Å². The van der Waals surface area contributed by atoms with E-state index in [1.807, 2.05) is 42.5 Å². The Bertz CT molecular complexity index is 1150. The third kappa shape index (κ3) is 3.89. The van der Waals surface area contributed by atoms with Crippen LogP contribution < -0.4 is 10.2 Å². The second-order valence-electron chi connectivity index (χ2n) is 6.68. The molecule has 0 aliphatic carbocycles. The molecular weight excluding hydrogens is 364 g/mol. The maximum absolute atomic E-state index is 5.84. The highest BCUT2D eigenvalue weighted by atomic mass is 16.5. The number of aryl methyl sites for hydroxylation is 1. The number of hydrogen-bond acceptors (Lipinski definition) is 6. The van der Waals surface area contributed by atoms with Crippen LogP contribution in [0.5, 0.6) is 5.75 Å². The zero-order valence-corrected chi connectivity index (χ0v) is 16.7. The monoisotopic (exact) mass is 388 g/mol. The predicted octanol–water partition coefficient (Wildman–Crippen LogP) is 4.62. The molecule has 0 atom stereocenters. The number of aromatic nitrogens is 4. The van der Waals surface area contributed by atoms with Gasteiger partial charge >= 0.3 is 0 Å². The molecule has 0 amide bonds. The molecule has 4 rings (SSSR count). The summed E-state index contributed by atoms with van der Waals surface area (Å²) >= 11 is 0. The van der Waals surface area contributed by atoms with E-state index in [4.69, 9.17) is 4.74 Å². The lowest BCUT2D eigenvalue weighted by atomic mass is 10.2. The lowest BCUT2D eigenvalue weighted by Gasteiger charge is -2.08. The van der Waals surface area contributed by atoms with E-state index < -0.39 is 0 Å². The first kappa shape index (κ1) is 18.9. The number of nitrogens with zero attached hydrogens (tertiary/aromatic N) is 5. The Hall–Kier alpha value is -3.48. The largest absolute Gasteiger partial charge is 0.493 e. The van der Waals surface area contributed by atoms with Gasteiger partial charge in [-0.25, -0.2) is 5.43 Å². The Morgan fingerprint density at radius 1 is 1.07 bits per heavy atom. The Balaban J connectivity index is 1.57. The molecule has 4 aromatic rings. The molecule has 7 nitrogen and oxygen atoms in total. The molecule has 2 aromatic carbocycles. The SMILES string of the molecule is CCCCOc1ccccc1/C=N/Nc1nnc2c3ccccc3n(CC)c2n1. The number of hydrazone groups is 1. The summed E-state index contributed by atoms with van der Waals surface area (Å²) in [5, 5.41) is 13.9. The van der Waals surface area contributed by atoms with Crippen molar-refractivity contribution in [1.29, 1.82) is 0 Å². The molecule has 0 saturated heterocycles. The van der Waals surface area contributed by atoms with Crippen molar-refractivity contribution in [3.63, 3.8) is 0 Å². The van der Waals surface area contributed by atoms with Crippen LogP contribution in [0.4, 0.5) is 5.95 Å². The summed E-state index contributed by atoms with van der Waals surface area (Å²) in [5.74, 6) is 1.17. The van der Waals surface area contributed by atoms with E-state index in [0.717, 1.165) is 52.8 Å². The van der Waals surface area contributed by atoms with Crippen LogP contribution in [0.15, 0.2) is 53.6 Å². The quantitative estimate of drug-likeness (QED) is 0.271. The van der Waals surface area contributed by atoms with Crippen LogP contribution in [0, 0.1) is 0 Å². The van der Waals surface area contributed by atoms with Crippen LogP contribution in [-0.4, -0.2) is 32.6 Å². The molecule has 1 N–H and O–H groups in total. The maximum atomic E-state index is 5.84. The Kier molecular flexibility index (Phi) is 5.65. The number of ether oxygens (including phenoxy) is 1. The van der Waals surface area contributed by atoms with Crippen molar-refractivity contribution in [3.05, 3.63) is 54.1 Å². The first-order valence-electron chi connectivity index (χ1n) is 9.94. The standard InChI is InChI=1S/C22H24N6O/c1-3-5-14-29-19-13-9-6-10-16(19)15-23-26-22-24-21-20(25-27-22)17-11-7-8-12-18(17)28(21)4-2/h6-13,15H,3-5,14H2,1-2H3,(H,24,26,27)/b23-15+. The summed E-state index contributed by atoms with van der Waals surface area (Å²) in [6, 6.07) is 16.0. The van der Waals surface area contributed by atoms with Crippen molar-refractivity contribution in [2.24, 2.45) is 5.10 Å². The zero-order valence-electron chi connectivity index (χ0n) is 16.7. The summed E-state index contributed by atoms with van der Waals surface area (Å²) in [4.78, 5) is 4.63. The van der Waals surface area contributed by atoms with Crippen molar-refractivity contribution in [3.8, 4) is 5.75 Å². The summed E-state index contributed by atoms with van der Waals surface area (Å²) < 4.78 is 7.97. The molecule has 2 aromatic heterocycles. The summed E-state index contributed by atoms with van der Waals surface area (Å²) in [7, 11) is 0. The van der Waals surface area contributed by atoms with E-state index in [-0.39, 0.29) is 0 Å². The molecule has 0 fully saturated rings. The average molecular weight is 388 g/mol. The molecule has 0 bridgehead atoms. The maximum Gasteiger partial charge on any atom is 0.265 e. The molecule has 0 spiro atoms. The number of rotatable bonds is 8. The first-order chi connectivity index (χ1) is 14.3. The van der Waals surface area contributed by atoms with Gasteiger partial charge in [0.1, 0.15) is 11.3 Å². The van der Waals surface area contributed by atoms with Gasteiger partial charge < -0.3 is 9.30 Å². The fraction of sp³-hybridized carbons (Fsp3) is 0.273. The molecule has 0 radical (unpaired) electrons. The fourth-order valence-electron chi connectivity index (χ4n) is 3.28. The highest BCUT2D eigenvalue weighted by Gasteiger charge is 2.13.